The molecule has 156 valence electrons. The first-order valence-corrected chi connectivity index (χ1v) is 10.3. The van der Waals surface area contributed by atoms with E-state index in [1.807, 2.05) is 4.90 Å². The van der Waals surface area contributed by atoms with Gasteiger partial charge in [-0.1, -0.05) is 12.1 Å². The van der Waals surface area contributed by atoms with Gasteiger partial charge in [-0.15, -0.1) is 0 Å². The Labute approximate surface area is 167 Å². The topological polar surface area (TPSA) is 69.7 Å². The van der Waals surface area contributed by atoms with E-state index in [4.69, 9.17) is 0 Å². The lowest BCUT2D eigenvalue weighted by molar-refractivity contribution is -0.137. The van der Waals surface area contributed by atoms with Crippen molar-refractivity contribution < 1.29 is 26.4 Å². The number of hydrogen-bond acceptors (Lipinski definition) is 4. The molecule has 0 saturated heterocycles. The van der Waals surface area contributed by atoms with Gasteiger partial charge in [-0.2, -0.15) is 13.2 Å². The third kappa shape index (κ3) is 4.38. The molecule has 10 heteroatoms. The van der Waals surface area contributed by atoms with Crippen molar-refractivity contribution in [2.45, 2.75) is 24.5 Å². The van der Waals surface area contributed by atoms with Gasteiger partial charge in [0.25, 0.3) is 0 Å². The van der Waals surface area contributed by atoms with E-state index in [1.54, 1.807) is 6.07 Å². The van der Waals surface area contributed by atoms with Crippen LogP contribution in [0.1, 0.15) is 18.1 Å². The molecule has 0 aromatic heterocycles. The van der Waals surface area contributed by atoms with Crippen LogP contribution >= 0.6 is 0 Å². The molecule has 0 atom stereocenters. The number of nitrogens with one attached hydrogen (secondary N) is 1. The maximum Gasteiger partial charge on any atom is 0.416 e. The molecule has 2 aromatic rings. The average molecular weight is 427 g/mol. The third-order valence-electron chi connectivity index (χ3n) is 4.79. The number of benzene rings is 2. The average Bonchev–Trinajstić information content (AvgIpc) is 2.67. The van der Waals surface area contributed by atoms with E-state index in [1.165, 1.54) is 43.1 Å². The minimum atomic E-state index is -4.40. The third-order valence-corrected chi connectivity index (χ3v) is 6.20. The largest absolute Gasteiger partial charge is 0.416 e. The lowest BCUT2D eigenvalue weighted by atomic mass is 10.1. The molecule has 0 fully saturated rings. The monoisotopic (exact) mass is 427 g/mol. The summed E-state index contributed by atoms with van der Waals surface area (Å²) in [6.45, 7) is 2.53. The van der Waals surface area contributed by atoms with E-state index >= 15 is 0 Å². The summed E-state index contributed by atoms with van der Waals surface area (Å²) < 4.78 is 64.8. The fraction of sp³-hybridized carbons (Fsp3) is 0.316. The Morgan fingerprint density at radius 1 is 1.07 bits per heavy atom. The standard InChI is InChI=1S/C19H20F3N3O3S/c1-13(26)25-10-9-24(12-14-3-5-15(6-4-14)19(20,21)22)17-8-7-16(11-18(17)25)29(27,28)23-2/h3-8,11,23H,9-10,12H2,1-2H3. The Kier molecular flexibility index (Phi) is 5.59. The van der Waals surface area contributed by atoms with E-state index in [-0.39, 0.29) is 10.8 Å². The van der Waals surface area contributed by atoms with Crippen LogP contribution < -0.4 is 14.5 Å². The molecular weight excluding hydrogens is 407 g/mol. The number of fused-ring (bicyclic) bond motifs is 1. The summed E-state index contributed by atoms with van der Waals surface area (Å²) in [5.74, 6) is -0.223. The maximum absolute atomic E-state index is 12.8. The smallest absolute Gasteiger partial charge is 0.364 e. The second kappa shape index (κ2) is 7.68. The Morgan fingerprint density at radius 3 is 2.28 bits per heavy atom. The molecule has 0 radical (unpaired) electrons. The number of carbonyl (C=O) groups is 1. The van der Waals surface area contributed by atoms with Crippen LogP contribution in [-0.4, -0.2) is 34.5 Å². The lowest BCUT2D eigenvalue weighted by Gasteiger charge is -2.37. The predicted octanol–water partition coefficient (Wildman–Crippen LogP) is 2.99. The van der Waals surface area contributed by atoms with Gasteiger partial charge in [0.1, 0.15) is 0 Å². The van der Waals surface area contributed by atoms with E-state index < -0.39 is 21.8 Å². The predicted molar refractivity (Wildman–Crippen MR) is 103 cm³/mol. The molecule has 0 bridgehead atoms. The van der Waals surface area contributed by atoms with Gasteiger partial charge in [-0.05, 0) is 42.9 Å². The fourth-order valence-corrected chi connectivity index (χ4v) is 3.99. The molecule has 3 rings (SSSR count). The number of sulfonamides is 1. The van der Waals surface area contributed by atoms with Crippen LogP contribution in [0.25, 0.3) is 0 Å². The van der Waals surface area contributed by atoms with Crippen molar-refractivity contribution in [3.8, 4) is 0 Å². The molecule has 6 nitrogen and oxygen atoms in total. The molecule has 1 aliphatic heterocycles. The molecule has 29 heavy (non-hydrogen) atoms. The molecule has 1 amide bonds. The molecule has 1 heterocycles. The van der Waals surface area contributed by atoms with E-state index in [9.17, 15) is 26.4 Å². The zero-order chi connectivity index (χ0) is 21.4. The van der Waals surface area contributed by atoms with Crippen molar-refractivity contribution in [1.82, 2.24) is 4.72 Å². The summed E-state index contributed by atoms with van der Waals surface area (Å²) in [5.41, 5.74) is 1.05. The Hall–Kier alpha value is -2.59. The number of nitrogens with zero attached hydrogens (tertiary/aromatic N) is 2. The van der Waals surface area contributed by atoms with Crippen molar-refractivity contribution in [1.29, 1.82) is 0 Å². The van der Waals surface area contributed by atoms with Crippen LogP contribution in [0.3, 0.4) is 0 Å². The van der Waals surface area contributed by atoms with Gasteiger partial charge < -0.3 is 9.80 Å². The lowest BCUT2D eigenvalue weighted by Crippen LogP contribution is -2.43. The zero-order valence-electron chi connectivity index (χ0n) is 15.8. The van der Waals surface area contributed by atoms with Gasteiger partial charge in [0.05, 0.1) is 21.8 Å². The van der Waals surface area contributed by atoms with Crippen molar-refractivity contribution in [2.75, 3.05) is 29.9 Å². The molecule has 1 N–H and O–H groups in total. The number of alkyl halides is 3. The van der Waals surface area contributed by atoms with E-state index in [2.05, 4.69) is 4.72 Å². The number of hydrogen-bond donors (Lipinski definition) is 1. The van der Waals surface area contributed by atoms with Crippen molar-refractivity contribution in [3.05, 3.63) is 53.6 Å². The summed E-state index contributed by atoms with van der Waals surface area (Å²) in [5, 5.41) is 0. The maximum atomic E-state index is 12.8. The van der Waals surface area contributed by atoms with Gasteiger partial charge in [0.2, 0.25) is 15.9 Å². The van der Waals surface area contributed by atoms with Crippen LogP contribution in [-0.2, 0) is 27.5 Å². The number of anilines is 2. The number of carbonyl (C=O) groups excluding carboxylic acids is 1. The van der Waals surface area contributed by atoms with E-state index in [0.717, 1.165) is 12.1 Å². The van der Waals surface area contributed by atoms with Crippen LogP contribution in [0.4, 0.5) is 24.5 Å². The van der Waals surface area contributed by atoms with Crippen LogP contribution in [0.2, 0.25) is 0 Å². The van der Waals surface area contributed by atoms with Gasteiger partial charge in [-0.25, -0.2) is 13.1 Å². The summed E-state index contributed by atoms with van der Waals surface area (Å²) in [6, 6.07) is 9.38. The summed E-state index contributed by atoms with van der Waals surface area (Å²) in [6.07, 6.45) is -4.40. The quantitative estimate of drug-likeness (QED) is 0.815. The summed E-state index contributed by atoms with van der Waals surface area (Å²) in [4.78, 5) is 15.5. The highest BCUT2D eigenvalue weighted by atomic mass is 32.2. The molecule has 1 aliphatic rings. The summed E-state index contributed by atoms with van der Waals surface area (Å²) in [7, 11) is -2.39. The van der Waals surface area contributed by atoms with Crippen LogP contribution in [0.15, 0.2) is 47.4 Å². The van der Waals surface area contributed by atoms with Gasteiger partial charge in [-0.3, -0.25) is 4.79 Å². The molecule has 0 spiro atoms. The highest BCUT2D eigenvalue weighted by molar-refractivity contribution is 7.89. The first kappa shape index (κ1) is 21.1. The minimum absolute atomic E-state index is 0.0291. The second-order valence-corrected chi connectivity index (χ2v) is 8.53. The first-order chi connectivity index (χ1) is 13.5. The molecule has 2 aromatic carbocycles. The van der Waals surface area contributed by atoms with Crippen molar-refractivity contribution in [2.24, 2.45) is 0 Å². The van der Waals surface area contributed by atoms with Crippen molar-refractivity contribution in [3.63, 3.8) is 0 Å². The van der Waals surface area contributed by atoms with Crippen LogP contribution in [0.5, 0.6) is 0 Å². The normalized spacial score (nSPS) is 14.7. The first-order valence-electron chi connectivity index (χ1n) is 8.80. The van der Waals surface area contributed by atoms with Crippen LogP contribution in [0, 0.1) is 0 Å². The molecular formula is C19H20F3N3O3S. The second-order valence-electron chi connectivity index (χ2n) is 6.64. The SMILES string of the molecule is CNS(=O)(=O)c1ccc2c(c1)N(C(C)=O)CCN2Cc1ccc(C(F)(F)F)cc1. The number of rotatable bonds is 4. The summed E-state index contributed by atoms with van der Waals surface area (Å²) >= 11 is 0. The van der Waals surface area contributed by atoms with Crippen molar-refractivity contribution >= 4 is 27.3 Å². The van der Waals surface area contributed by atoms with E-state index in [0.29, 0.717) is 36.6 Å². The number of amides is 1. The van der Waals surface area contributed by atoms with Gasteiger partial charge in [0.15, 0.2) is 0 Å². The molecule has 0 aliphatic carbocycles. The zero-order valence-corrected chi connectivity index (χ0v) is 16.6. The molecule has 0 unspecified atom stereocenters. The Balaban J connectivity index is 1.95. The molecule has 0 saturated carbocycles. The highest BCUT2D eigenvalue weighted by Gasteiger charge is 2.30. The highest BCUT2D eigenvalue weighted by Crippen LogP contribution is 2.36. The number of halogens is 3. The Bertz CT molecular complexity index is 1020. The Morgan fingerprint density at radius 2 is 1.72 bits per heavy atom. The van der Waals surface area contributed by atoms with Gasteiger partial charge >= 0.3 is 6.18 Å². The minimum Gasteiger partial charge on any atom is -0.364 e. The fourth-order valence-electron chi connectivity index (χ4n) is 3.24. The van der Waals surface area contributed by atoms with Gasteiger partial charge in [0, 0.05) is 26.6 Å².